The number of aliphatic hydroxyl groups excluding tert-OH is 1. The molecule has 2 heterocycles. The van der Waals surface area contributed by atoms with Crippen LogP contribution >= 0.6 is 11.6 Å². The van der Waals surface area contributed by atoms with E-state index in [1.54, 1.807) is 17.0 Å². The maximum absolute atomic E-state index is 11.4. The van der Waals surface area contributed by atoms with E-state index in [1.807, 2.05) is 20.8 Å². The number of carbonyl (C=O) groups is 1. The molecular formula is C18H24ClN7O3. The van der Waals surface area contributed by atoms with E-state index in [4.69, 9.17) is 11.6 Å². The molecule has 0 saturated heterocycles. The van der Waals surface area contributed by atoms with Crippen LogP contribution in [0.1, 0.15) is 49.3 Å². The normalized spacial score (nSPS) is 19.0. The summed E-state index contributed by atoms with van der Waals surface area (Å²) >= 11 is 5.98. The van der Waals surface area contributed by atoms with Crippen molar-refractivity contribution in [1.29, 1.82) is 0 Å². The van der Waals surface area contributed by atoms with E-state index in [0.717, 1.165) is 0 Å². The Morgan fingerprint density at radius 1 is 1.41 bits per heavy atom. The molecule has 10 nitrogen and oxygen atoms in total. The number of anilines is 2. The Balaban J connectivity index is 2.00. The van der Waals surface area contributed by atoms with Crippen molar-refractivity contribution < 1.29 is 15.0 Å². The molecule has 2 atom stereocenters. The third-order valence-electron chi connectivity index (χ3n) is 4.54. The summed E-state index contributed by atoms with van der Waals surface area (Å²) in [7, 11) is 0. The van der Waals surface area contributed by atoms with E-state index in [2.05, 4.69) is 31.3 Å². The second kappa shape index (κ2) is 8.36. The molecular weight excluding hydrogens is 398 g/mol. The highest BCUT2D eigenvalue weighted by molar-refractivity contribution is 6.33. The first-order valence-corrected chi connectivity index (χ1v) is 9.64. The fraction of sp³-hybridized carbons (Fsp3) is 0.444. The zero-order valence-corrected chi connectivity index (χ0v) is 17.1. The number of aliphatic imine (C=N–C) groups is 1. The summed E-state index contributed by atoms with van der Waals surface area (Å²) in [6, 6.07) is 4.37. The molecule has 1 aromatic carbocycles. The van der Waals surface area contributed by atoms with Crippen molar-refractivity contribution in [3.8, 4) is 0 Å². The lowest BCUT2D eigenvalue weighted by molar-refractivity contribution is 0.0697. The lowest BCUT2D eigenvalue weighted by Gasteiger charge is -2.38. The smallest absolute Gasteiger partial charge is 0.337 e. The summed E-state index contributed by atoms with van der Waals surface area (Å²) < 4.78 is 1.73. The molecule has 3 rings (SSSR count). The zero-order valence-electron chi connectivity index (χ0n) is 16.3. The molecule has 2 aromatic rings. The summed E-state index contributed by atoms with van der Waals surface area (Å²) in [5.41, 5.74) is 1.02. The van der Waals surface area contributed by atoms with Crippen LogP contribution in [0.3, 0.4) is 0 Å². The van der Waals surface area contributed by atoms with Gasteiger partial charge < -0.3 is 20.8 Å². The minimum atomic E-state index is -1.26. The van der Waals surface area contributed by atoms with Crippen LogP contribution in [-0.4, -0.2) is 56.0 Å². The third-order valence-corrected chi connectivity index (χ3v) is 4.87. The highest BCUT2D eigenvalue weighted by Gasteiger charge is 2.37. The van der Waals surface area contributed by atoms with Crippen LogP contribution in [0.4, 0.5) is 11.5 Å². The van der Waals surface area contributed by atoms with Crippen LogP contribution < -0.4 is 16.0 Å². The van der Waals surface area contributed by atoms with E-state index >= 15 is 0 Å². The predicted octanol–water partition coefficient (Wildman–Crippen LogP) is 2.14. The lowest BCUT2D eigenvalue weighted by atomic mass is 10.2. The van der Waals surface area contributed by atoms with Gasteiger partial charge in [-0.1, -0.05) is 23.7 Å². The number of carboxylic acid groups (broad SMARTS) is 1. The topological polar surface area (TPSA) is 137 Å². The van der Waals surface area contributed by atoms with Crippen molar-refractivity contribution in [2.24, 2.45) is 4.99 Å². The van der Waals surface area contributed by atoms with E-state index in [9.17, 15) is 15.0 Å². The van der Waals surface area contributed by atoms with Gasteiger partial charge in [-0.05, 0) is 38.5 Å². The van der Waals surface area contributed by atoms with Gasteiger partial charge in [-0.15, -0.1) is 5.10 Å². The molecule has 2 unspecified atom stereocenters. The average molecular weight is 422 g/mol. The first-order valence-electron chi connectivity index (χ1n) is 9.26. The predicted molar refractivity (Wildman–Crippen MR) is 111 cm³/mol. The van der Waals surface area contributed by atoms with Crippen molar-refractivity contribution >= 4 is 35.3 Å². The summed E-state index contributed by atoms with van der Waals surface area (Å²) in [6.07, 6.45) is 2.22. The number of aliphatic hydroxyl groups is 1. The molecule has 0 fully saturated rings. The van der Waals surface area contributed by atoms with Gasteiger partial charge in [0.1, 0.15) is 5.69 Å². The van der Waals surface area contributed by atoms with Gasteiger partial charge in [0.2, 0.25) is 0 Å². The Bertz CT molecular complexity index is 926. The molecule has 29 heavy (non-hydrogen) atoms. The highest BCUT2D eigenvalue weighted by Crippen LogP contribution is 2.28. The van der Waals surface area contributed by atoms with Gasteiger partial charge in [-0.3, -0.25) is 5.32 Å². The van der Waals surface area contributed by atoms with Gasteiger partial charge in [0.25, 0.3) is 5.91 Å². The van der Waals surface area contributed by atoms with Crippen molar-refractivity contribution in [2.75, 3.05) is 17.2 Å². The highest BCUT2D eigenvalue weighted by atomic mass is 35.5. The SMILES string of the molecule is CCC(CO)NC1(Nc2ccc(Cl)c(C(=O)O)c2)N=Cc2nnn(C(C)C)c2N1. The second-order valence-electron chi connectivity index (χ2n) is 7.01. The van der Waals surface area contributed by atoms with E-state index in [0.29, 0.717) is 23.6 Å². The number of aromatic nitrogens is 3. The third kappa shape index (κ3) is 4.34. The second-order valence-corrected chi connectivity index (χ2v) is 7.42. The van der Waals surface area contributed by atoms with E-state index in [-0.39, 0.29) is 29.3 Å². The van der Waals surface area contributed by atoms with Crippen LogP contribution in [0.5, 0.6) is 0 Å². The van der Waals surface area contributed by atoms with Crippen LogP contribution in [-0.2, 0) is 0 Å². The lowest BCUT2D eigenvalue weighted by Crippen LogP contribution is -2.62. The molecule has 1 aromatic heterocycles. The Hall–Kier alpha value is -2.69. The standard InChI is InChI=1S/C18H24ClN7O3/c1-4-11(9-27)21-18(22-12-5-6-14(19)13(7-12)17(28)29)20-8-15-16(23-18)26(10(2)3)25-24-15/h5-8,10-11,21-23,27H,4,9H2,1-3H3,(H,28,29). The number of fused-ring (bicyclic) bond motifs is 1. The molecule has 0 spiro atoms. The van der Waals surface area contributed by atoms with Crippen molar-refractivity contribution in [1.82, 2.24) is 20.3 Å². The largest absolute Gasteiger partial charge is 0.478 e. The zero-order chi connectivity index (χ0) is 21.2. The van der Waals surface area contributed by atoms with Crippen molar-refractivity contribution in [3.05, 3.63) is 34.5 Å². The van der Waals surface area contributed by atoms with Gasteiger partial charge in [-0.2, -0.15) is 0 Å². The first-order chi connectivity index (χ1) is 13.8. The number of nitrogens with one attached hydrogen (secondary N) is 3. The van der Waals surface area contributed by atoms with Gasteiger partial charge in [0.15, 0.2) is 5.82 Å². The molecule has 5 N–H and O–H groups in total. The Morgan fingerprint density at radius 2 is 2.17 bits per heavy atom. The van der Waals surface area contributed by atoms with Crippen molar-refractivity contribution in [2.45, 2.75) is 45.2 Å². The molecule has 0 radical (unpaired) electrons. The number of rotatable bonds is 8. The van der Waals surface area contributed by atoms with Crippen LogP contribution in [0.15, 0.2) is 23.2 Å². The molecule has 0 bridgehead atoms. The Labute approximate surface area is 173 Å². The minimum Gasteiger partial charge on any atom is -0.478 e. The summed E-state index contributed by atoms with van der Waals surface area (Å²) in [4.78, 5) is 16.0. The average Bonchev–Trinajstić information content (AvgIpc) is 3.10. The number of aromatic carboxylic acids is 1. The quantitative estimate of drug-likeness (QED) is 0.409. The number of hydrogen-bond donors (Lipinski definition) is 5. The number of benzene rings is 1. The number of nitrogens with zero attached hydrogens (tertiary/aromatic N) is 4. The first kappa shape index (κ1) is 21.0. The van der Waals surface area contributed by atoms with E-state index < -0.39 is 11.9 Å². The molecule has 1 aliphatic rings. The van der Waals surface area contributed by atoms with Gasteiger partial charge in [-0.25, -0.2) is 14.5 Å². The maximum Gasteiger partial charge on any atom is 0.337 e. The monoisotopic (exact) mass is 421 g/mol. The number of hydrogen-bond acceptors (Lipinski definition) is 8. The van der Waals surface area contributed by atoms with Gasteiger partial charge in [0, 0.05) is 11.7 Å². The Kier molecular flexibility index (Phi) is 6.06. The van der Waals surface area contributed by atoms with Crippen LogP contribution in [0.2, 0.25) is 5.02 Å². The molecule has 0 aliphatic carbocycles. The fourth-order valence-electron chi connectivity index (χ4n) is 2.96. The van der Waals surface area contributed by atoms with Crippen LogP contribution in [0, 0.1) is 0 Å². The Morgan fingerprint density at radius 3 is 2.79 bits per heavy atom. The minimum absolute atomic E-state index is 0.0321. The summed E-state index contributed by atoms with van der Waals surface area (Å²) in [6.45, 7) is 5.79. The molecule has 11 heteroatoms. The fourth-order valence-corrected chi connectivity index (χ4v) is 3.16. The van der Waals surface area contributed by atoms with Crippen molar-refractivity contribution in [3.63, 3.8) is 0 Å². The summed E-state index contributed by atoms with van der Waals surface area (Å²) in [5, 5.41) is 37.2. The van der Waals surface area contributed by atoms with E-state index in [1.165, 1.54) is 12.1 Å². The maximum atomic E-state index is 11.4. The molecule has 1 aliphatic heterocycles. The number of halogens is 1. The summed E-state index contributed by atoms with van der Waals surface area (Å²) in [5.74, 6) is -1.74. The molecule has 156 valence electrons. The van der Waals surface area contributed by atoms with Crippen LogP contribution in [0.25, 0.3) is 0 Å². The van der Waals surface area contributed by atoms with Gasteiger partial charge in [0.05, 0.1) is 29.4 Å². The molecule has 0 saturated carbocycles. The molecule has 0 amide bonds. The number of carboxylic acids is 1. The van der Waals surface area contributed by atoms with Gasteiger partial charge >= 0.3 is 5.97 Å².